The monoisotopic (exact) mass is 472 g/mol. The van der Waals surface area contributed by atoms with Crippen molar-refractivity contribution < 1.29 is 14.6 Å². The van der Waals surface area contributed by atoms with Gasteiger partial charge in [-0.3, -0.25) is 0 Å². The van der Waals surface area contributed by atoms with Gasteiger partial charge in [-0.25, -0.2) is 4.98 Å². The second-order valence-electron chi connectivity index (χ2n) is 8.80. The van der Waals surface area contributed by atoms with E-state index in [1.807, 2.05) is 35.2 Å². The van der Waals surface area contributed by atoms with Gasteiger partial charge in [-0.15, -0.1) is 0 Å². The van der Waals surface area contributed by atoms with E-state index >= 15 is 0 Å². The molecule has 35 heavy (non-hydrogen) atoms. The first-order valence-corrected chi connectivity index (χ1v) is 11.3. The Labute approximate surface area is 206 Å². The summed E-state index contributed by atoms with van der Waals surface area (Å²) in [6.07, 6.45) is 0. The van der Waals surface area contributed by atoms with Crippen molar-refractivity contribution >= 4 is 11.4 Å². The third kappa shape index (κ3) is 4.49. The second-order valence-corrected chi connectivity index (χ2v) is 8.80. The number of hydrogen-bond donors (Lipinski definition) is 1. The Morgan fingerprint density at radius 3 is 1.60 bits per heavy atom. The van der Waals surface area contributed by atoms with Crippen molar-refractivity contribution in [2.45, 2.75) is 0 Å². The van der Waals surface area contributed by atoms with Gasteiger partial charge in [0.1, 0.15) is 5.82 Å². The molecule has 7 nitrogen and oxygen atoms in total. The summed E-state index contributed by atoms with van der Waals surface area (Å²) < 4.78 is 12.9. The zero-order valence-corrected chi connectivity index (χ0v) is 21.3. The van der Waals surface area contributed by atoms with Gasteiger partial charge in [0, 0.05) is 63.3 Å². The highest BCUT2D eigenvalue weighted by Crippen LogP contribution is 2.42. The van der Waals surface area contributed by atoms with Gasteiger partial charge < -0.3 is 28.9 Å². The van der Waals surface area contributed by atoms with Crippen molar-refractivity contribution in [3.8, 4) is 51.2 Å². The van der Waals surface area contributed by atoms with E-state index in [0.29, 0.717) is 11.5 Å². The number of phenols is 1. The van der Waals surface area contributed by atoms with E-state index in [0.717, 1.165) is 45.3 Å². The number of aromatic hydroxyl groups is 1. The highest BCUT2D eigenvalue weighted by molar-refractivity contribution is 5.83. The van der Waals surface area contributed by atoms with Crippen molar-refractivity contribution in [1.82, 2.24) is 9.55 Å². The van der Waals surface area contributed by atoms with E-state index in [2.05, 4.69) is 62.9 Å². The van der Waals surface area contributed by atoms with Gasteiger partial charge in [0.2, 0.25) is 5.75 Å². The van der Waals surface area contributed by atoms with Gasteiger partial charge in [0.05, 0.1) is 25.6 Å². The quantitative estimate of drug-likeness (QED) is 0.395. The first-order valence-electron chi connectivity index (χ1n) is 11.3. The lowest BCUT2D eigenvalue weighted by atomic mass is 10.0. The molecular weight excluding hydrogens is 440 g/mol. The van der Waals surface area contributed by atoms with Crippen molar-refractivity contribution in [3.63, 3.8) is 0 Å². The third-order valence-electron chi connectivity index (χ3n) is 6.15. The number of phenolic OH excluding ortho intramolecular Hbond substituents is 1. The maximum atomic E-state index is 10.4. The van der Waals surface area contributed by atoms with Crippen LogP contribution in [0, 0.1) is 0 Å². The number of anilines is 2. The molecule has 0 radical (unpaired) electrons. The fourth-order valence-electron chi connectivity index (χ4n) is 4.15. The predicted molar refractivity (Wildman–Crippen MR) is 143 cm³/mol. The number of hydrogen-bond acceptors (Lipinski definition) is 6. The lowest BCUT2D eigenvalue weighted by Crippen LogP contribution is -2.08. The van der Waals surface area contributed by atoms with Crippen LogP contribution in [-0.2, 0) is 7.05 Å². The molecule has 0 aliphatic heterocycles. The number of imidazole rings is 1. The van der Waals surface area contributed by atoms with Crippen LogP contribution in [0.25, 0.3) is 33.9 Å². The minimum absolute atomic E-state index is 0.0352. The Morgan fingerprint density at radius 2 is 1.17 bits per heavy atom. The Hall–Kier alpha value is -4.13. The van der Waals surface area contributed by atoms with E-state index in [-0.39, 0.29) is 5.75 Å². The molecule has 1 aromatic heterocycles. The van der Waals surface area contributed by atoms with E-state index in [4.69, 9.17) is 14.5 Å². The van der Waals surface area contributed by atoms with Crippen LogP contribution < -0.4 is 19.3 Å². The highest BCUT2D eigenvalue weighted by atomic mass is 16.5. The molecule has 0 aliphatic rings. The molecule has 7 heteroatoms. The molecule has 4 aromatic rings. The highest BCUT2D eigenvalue weighted by Gasteiger charge is 2.22. The van der Waals surface area contributed by atoms with Crippen LogP contribution in [-0.4, -0.2) is 57.1 Å². The van der Waals surface area contributed by atoms with Crippen LogP contribution in [0.2, 0.25) is 0 Å². The average molecular weight is 473 g/mol. The third-order valence-corrected chi connectivity index (χ3v) is 6.15. The first kappa shape index (κ1) is 24.0. The Balaban J connectivity index is 1.94. The molecule has 0 atom stereocenters. The number of benzene rings is 3. The molecule has 0 unspecified atom stereocenters. The standard InChI is InChI=1S/C28H32N4O3/c1-30(2)21-12-8-18(9-13-21)25-26(19-10-14-22(15-11-19)31(3)4)32(5)28(29-25)20-16-23(34-6)27(33)24(17-20)35-7/h8-17,33H,1-7H3. The van der Waals surface area contributed by atoms with Crippen molar-refractivity contribution in [2.24, 2.45) is 7.05 Å². The van der Waals surface area contributed by atoms with Crippen LogP contribution in [0.4, 0.5) is 11.4 Å². The zero-order chi connectivity index (χ0) is 25.3. The number of methoxy groups -OCH3 is 2. The number of nitrogens with zero attached hydrogens (tertiary/aromatic N) is 4. The van der Waals surface area contributed by atoms with Crippen LogP contribution in [0.15, 0.2) is 60.7 Å². The number of ether oxygens (including phenoxy) is 2. The van der Waals surface area contributed by atoms with Crippen molar-refractivity contribution in [3.05, 3.63) is 60.7 Å². The molecule has 0 fully saturated rings. The van der Waals surface area contributed by atoms with Crippen molar-refractivity contribution in [1.29, 1.82) is 0 Å². The molecule has 0 amide bonds. The topological polar surface area (TPSA) is 63.0 Å². The fraction of sp³-hybridized carbons (Fsp3) is 0.250. The van der Waals surface area contributed by atoms with E-state index in [9.17, 15) is 5.11 Å². The Bertz CT molecular complexity index is 1300. The molecule has 0 bridgehead atoms. The van der Waals surface area contributed by atoms with Crippen LogP contribution in [0.1, 0.15) is 0 Å². The van der Waals surface area contributed by atoms with Gasteiger partial charge in [-0.2, -0.15) is 0 Å². The van der Waals surface area contributed by atoms with Crippen LogP contribution >= 0.6 is 0 Å². The summed E-state index contributed by atoms with van der Waals surface area (Å²) in [5.41, 5.74) is 6.96. The van der Waals surface area contributed by atoms with Gasteiger partial charge in [-0.05, 0) is 36.4 Å². The maximum Gasteiger partial charge on any atom is 0.200 e. The van der Waals surface area contributed by atoms with E-state index < -0.39 is 0 Å². The Morgan fingerprint density at radius 1 is 0.714 bits per heavy atom. The molecule has 0 spiro atoms. The fourth-order valence-corrected chi connectivity index (χ4v) is 4.15. The molecule has 1 heterocycles. The minimum Gasteiger partial charge on any atom is -0.502 e. The summed E-state index contributed by atoms with van der Waals surface area (Å²) in [6.45, 7) is 0. The number of rotatable bonds is 7. The number of aromatic nitrogens is 2. The first-order chi connectivity index (χ1) is 16.7. The van der Waals surface area contributed by atoms with Gasteiger partial charge in [0.15, 0.2) is 11.5 Å². The Kier molecular flexibility index (Phi) is 6.60. The summed E-state index contributed by atoms with van der Waals surface area (Å²) in [5, 5.41) is 10.4. The molecular formula is C28H32N4O3. The molecule has 0 aliphatic carbocycles. The normalized spacial score (nSPS) is 10.8. The molecule has 0 saturated carbocycles. The van der Waals surface area contributed by atoms with Gasteiger partial charge >= 0.3 is 0 Å². The molecule has 1 N–H and O–H groups in total. The predicted octanol–water partition coefficient (Wildman–Crippen LogP) is 5.28. The second kappa shape index (κ2) is 9.62. The summed E-state index contributed by atoms with van der Waals surface area (Å²) in [7, 11) is 13.1. The average Bonchev–Trinajstić information content (AvgIpc) is 3.21. The zero-order valence-electron chi connectivity index (χ0n) is 21.3. The molecule has 182 valence electrons. The van der Waals surface area contributed by atoms with E-state index in [1.165, 1.54) is 14.2 Å². The van der Waals surface area contributed by atoms with Gasteiger partial charge in [-0.1, -0.05) is 24.3 Å². The summed E-state index contributed by atoms with van der Waals surface area (Å²) in [5.74, 6) is 1.36. The molecule has 3 aromatic carbocycles. The minimum atomic E-state index is -0.0352. The summed E-state index contributed by atoms with van der Waals surface area (Å²) >= 11 is 0. The van der Waals surface area contributed by atoms with Crippen LogP contribution in [0.5, 0.6) is 17.2 Å². The lowest BCUT2D eigenvalue weighted by molar-refractivity contribution is 0.340. The molecule has 0 saturated heterocycles. The smallest absolute Gasteiger partial charge is 0.200 e. The molecule has 4 rings (SSSR count). The lowest BCUT2D eigenvalue weighted by Gasteiger charge is -2.15. The van der Waals surface area contributed by atoms with E-state index in [1.54, 1.807) is 12.1 Å². The van der Waals surface area contributed by atoms with Crippen LogP contribution in [0.3, 0.4) is 0 Å². The summed E-state index contributed by atoms with van der Waals surface area (Å²) in [6, 6.07) is 20.4. The largest absolute Gasteiger partial charge is 0.502 e. The SMILES string of the molecule is COc1cc(-c2nc(-c3ccc(N(C)C)cc3)c(-c3ccc(N(C)C)cc3)n2C)cc(OC)c1O. The van der Waals surface area contributed by atoms with Crippen molar-refractivity contribution in [2.75, 3.05) is 52.2 Å². The maximum absolute atomic E-state index is 10.4. The van der Waals surface area contributed by atoms with Gasteiger partial charge in [0.25, 0.3) is 0 Å². The summed E-state index contributed by atoms with van der Waals surface area (Å²) in [4.78, 5) is 9.24.